The molecule has 1 amide bonds. The topological polar surface area (TPSA) is 82.9 Å². The first-order valence-electron chi connectivity index (χ1n) is 12.3. The van der Waals surface area contributed by atoms with Crippen LogP contribution < -0.4 is 9.64 Å². The minimum Gasteiger partial charge on any atom is -0.497 e. The highest BCUT2D eigenvalue weighted by atomic mass is 16.5. The maximum absolute atomic E-state index is 13.0. The van der Waals surface area contributed by atoms with Gasteiger partial charge in [0.05, 0.1) is 25.2 Å². The molecule has 1 aromatic carbocycles. The molecule has 0 radical (unpaired) electrons. The third-order valence-electron chi connectivity index (χ3n) is 7.14. The van der Waals surface area contributed by atoms with Gasteiger partial charge in [0.25, 0.3) is 0 Å². The van der Waals surface area contributed by atoms with E-state index in [1.165, 1.54) is 5.56 Å². The normalized spacial score (nSPS) is 17.8. The molecule has 0 saturated carbocycles. The first-order chi connectivity index (χ1) is 17.1. The molecular weight excluding hydrogens is 444 g/mol. The monoisotopic (exact) mass is 478 g/mol. The zero-order valence-electron chi connectivity index (χ0n) is 20.6. The van der Waals surface area contributed by atoms with Crippen molar-refractivity contribution in [3.63, 3.8) is 0 Å². The highest BCUT2D eigenvalue weighted by Crippen LogP contribution is 2.23. The second-order valence-electron chi connectivity index (χ2n) is 9.29. The van der Waals surface area contributed by atoms with Gasteiger partial charge < -0.3 is 19.4 Å². The largest absolute Gasteiger partial charge is 0.497 e. The number of carbonyl (C=O) groups excluding carboxylic acids is 1. The second kappa shape index (κ2) is 10.6. The quantitative estimate of drug-likeness (QED) is 0.495. The van der Waals surface area contributed by atoms with Crippen molar-refractivity contribution in [2.45, 2.75) is 6.42 Å². The summed E-state index contributed by atoms with van der Waals surface area (Å²) in [4.78, 5) is 30.8. The Morgan fingerprint density at radius 1 is 0.943 bits per heavy atom. The van der Waals surface area contributed by atoms with Crippen LogP contribution in [0.15, 0.2) is 36.8 Å². The van der Waals surface area contributed by atoms with Crippen molar-refractivity contribution in [2.75, 3.05) is 77.5 Å². The van der Waals surface area contributed by atoms with E-state index in [1.54, 1.807) is 18.1 Å². The van der Waals surface area contributed by atoms with Crippen molar-refractivity contribution in [1.82, 2.24) is 34.4 Å². The number of rotatable bonds is 7. The number of nitrogens with zero attached hydrogens (tertiary/aromatic N) is 8. The molecule has 186 valence electrons. The van der Waals surface area contributed by atoms with Crippen LogP contribution in [0.3, 0.4) is 0 Å². The highest BCUT2D eigenvalue weighted by Gasteiger charge is 2.26. The van der Waals surface area contributed by atoms with Crippen LogP contribution in [0, 0.1) is 0 Å². The number of amides is 1. The zero-order valence-corrected chi connectivity index (χ0v) is 20.6. The van der Waals surface area contributed by atoms with Gasteiger partial charge in [0.2, 0.25) is 5.91 Å². The Morgan fingerprint density at radius 2 is 1.66 bits per heavy atom. The molecule has 10 heteroatoms. The van der Waals surface area contributed by atoms with Crippen LogP contribution in [0.5, 0.6) is 5.75 Å². The lowest BCUT2D eigenvalue weighted by Gasteiger charge is -2.38. The predicted octanol–water partition coefficient (Wildman–Crippen LogP) is 0.881. The lowest BCUT2D eigenvalue weighted by atomic mass is 10.1. The maximum atomic E-state index is 13.0. The fraction of sp³-hybridized carbons (Fsp3) is 0.520. The van der Waals surface area contributed by atoms with Crippen LogP contribution >= 0.6 is 0 Å². The first-order valence-corrected chi connectivity index (χ1v) is 12.3. The van der Waals surface area contributed by atoms with E-state index in [4.69, 9.17) is 4.74 Å². The molecule has 3 aromatic rings. The predicted molar refractivity (Wildman–Crippen MR) is 135 cm³/mol. The Bertz CT molecular complexity index is 1130. The number of aryl methyl sites for hydroxylation is 1. The summed E-state index contributed by atoms with van der Waals surface area (Å²) in [6, 6.07) is 8.31. The van der Waals surface area contributed by atoms with Crippen molar-refractivity contribution >= 4 is 22.8 Å². The number of carbonyl (C=O) groups is 1. The van der Waals surface area contributed by atoms with E-state index in [0.29, 0.717) is 19.6 Å². The number of benzene rings is 1. The maximum Gasteiger partial charge on any atom is 0.236 e. The number of piperazine rings is 2. The summed E-state index contributed by atoms with van der Waals surface area (Å²) in [6.45, 7) is 8.41. The van der Waals surface area contributed by atoms with Crippen LogP contribution in [0.25, 0.3) is 11.0 Å². The summed E-state index contributed by atoms with van der Waals surface area (Å²) < 4.78 is 7.00. The first kappa shape index (κ1) is 23.5. The summed E-state index contributed by atoms with van der Waals surface area (Å²) in [6.07, 6.45) is 4.44. The molecule has 0 atom stereocenters. The van der Waals surface area contributed by atoms with Gasteiger partial charge in [-0.15, -0.1) is 0 Å². The van der Waals surface area contributed by atoms with Gasteiger partial charge in [0.1, 0.15) is 17.9 Å². The molecule has 0 spiro atoms. The number of fused-ring (bicyclic) bond motifs is 1. The van der Waals surface area contributed by atoms with Crippen molar-refractivity contribution in [1.29, 1.82) is 0 Å². The number of ether oxygens (including phenoxy) is 1. The second-order valence-corrected chi connectivity index (χ2v) is 9.29. The molecule has 2 saturated heterocycles. The average molecular weight is 479 g/mol. The van der Waals surface area contributed by atoms with Gasteiger partial charge >= 0.3 is 0 Å². The number of methoxy groups -OCH3 is 1. The summed E-state index contributed by atoms with van der Waals surface area (Å²) in [5.74, 6) is 2.03. The third-order valence-corrected chi connectivity index (χ3v) is 7.14. The Hall–Kier alpha value is -3.24. The molecule has 5 rings (SSSR count). The lowest BCUT2D eigenvalue weighted by molar-refractivity contribution is -0.133. The Labute approximate surface area is 206 Å². The Morgan fingerprint density at radius 3 is 2.37 bits per heavy atom. The van der Waals surface area contributed by atoms with Gasteiger partial charge in [-0.05, 0) is 24.1 Å². The molecule has 10 nitrogen and oxygen atoms in total. The number of anilines is 1. The van der Waals surface area contributed by atoms with Gasteiger partial charge in [-0.1, -0.05) is 12.1 Å². The van der Waals surface area contributed by atoms with Gasteiger partial charge in [-0.2, -0.15) is 5.10 Å². The molecule has 2 aliphatic heterocycles. The molecular formula is C25H34N8O2. The molecule has 2 fully saturated rings. The lowest BCUT2D eigenvalue weighted by Crippen LogP contribution is -2.54. The summed E-state index contributed by atoms with van der Waals surface area (Å²) in [5, 5.41) is 5.27. The highest BCUT2D eigenvalue weighted by molar-refractivity contribution is 5.87. The van der Waals surface area contributed by atoms with Gasteiger partial charge in [0.15, 0.2) is 5.65 Å². The van der Waals surface area contributed by atoms with E-state index >= 15 is 0 Å². The van der Waals surface area contributed by atoms with E-state index in [-0.39, 0.29) is 5.91 Å². The van der Waals surface area contributed by atoms with Crippen molar-refractivity contribution in [3.05, 3.63) is 42.4 Å². The van der Waals surface area contributed by atoms with E-state index < -0.39 is 0 Å². The molecule has 4 heterocycles. The van der Waals surface area contributed by atoms with E-state index in [9.17, 15) is 4.79 Å². The average Bonchev–Trinajstić information content (AvgIpc) is 3.29. The van der Waals surface area contributed by atoms with Gasteiger partial charge in [0, 0.05) is 66.0 Å². The zero-order chi connectivity index (χ0) is 24.2. The fourth-order valence-corrected chi connectivity index (χ4v) is 4.91. The molecule has 2 aliphatic rings. The standard InChI is InChI=1S/C25H34N8O2/c1-29-24-22(17-28-29)25(27-19-26-24)33-15-13-32(14-16-33)23(34)18-31-11-9-30(10-12-31)8-7-20-3-5-21(35-2)6-4-20/h3-6,17,19H,7-16,18H2,1-2H3. The number of hydrogen-bond acceptors (Lipinski definition) is 8. The van der Waals surface area contributed by atoms with Crippen LogP contribution in [0.1, 0.15) is 5.56 Å². The van der Waals surface area contributed by atoms with Crippen molar-refractivity contribution in [2.24, 2.45) is 7.05 Å². The van der Waals surface area contributed by atoms with Crippen LogP contribution in [0.4, 0.5) is 5.82 Å². The van der Waals surface area contributed by atoms with Gasteiger partial charge in [-0.3, -0.25) is 14.4 Å². The Kier molecular flexibility index (Phi) is 7.10. The SMILES string of the molecule is COc1ccc(CCN2CCN(CC(=O)N3CCN(c4ncnc5c4cnn5C)CC3)CC2)cc1. The van der Waals surface area contributed by atoms with Crippen LogP contribution in [-0.2, 0) is 18.3 Å². The van der Waals surface area contributed by atoms with Crippen LogP contribution in [-0.4, -0.2) is 113 Å². The van der Waals surface area contributed by atoms with Gasteiger partial charge in [-0.25, -0.2) is 9.97 Å². The third kappa shape index (κ3) is 5.38. The molecule has 0 unspecified atom stereocenters. The van der Waals surface area contributed by atoms with Crippen molar-refractivity contribution in [3.8, 4) is 5.75 Å². The van der Waals surface area contributed by atoms with E-state index in [1.807, 2.05) is 30.3 Å². The minimum atomic E-state index is 0.227. The Balaban J connectivity index is 1.05. The summed E-state index contributed by atoms with van der Waals surface area (Å²) in [5.41, 5.74) is 2.16. The number of hydrogen-bond donors (Lipinski definition) is 0. The number of aromatic nitrogens is 4. The molecule has 0 bridgehead atoms. The summed E-state index contributed by atoms with van der Waals surface area (Å²) >= 11 is 0. The van der Waals surface area contributed by atoms with E-state index in [2.05, 4.69) is 41.9 Å². The molecule has 0 aliphatic carbocycles. The fourth-order valence-electron chi connectivity index (χ4n) is 4.91. The molecule has 35 heavy (non-hydrogen) atoms. The van der Waals surface area contributed by atoms with E-state index in [0.717, 1.165) is 74.8 Å². The summed E-state index contributed by atoms with van der Waals surface area (Å²) in [7, 11) is 3.58. The minimum absolute atomic E-state index is 0.227. The molecule has 0 N–H and O–H groups in total. The van der Waals surface area contributed by atoms with Crippen molar-refractivity contribution < 1.29 is 9.53 Å². The molecule has 2 aromatic heterocycles. The van der Waals surface area contributed by atoms with Crippen LogP contribution in [0.2, 0.25) is 0 Å². The smallest absolute Gasteiger partial charge is 0.236 e.